The maximum Gasteiger partial charge on any atom is 0.324 e. The van der Waals surface area contributed by atoms with E-state index in [0.29, 0.717) is 17.0 Å². The summed E-state index contributed by atoms with van der Waals surface area (Å²) < 4.78 is 5.55. The number of imide groups is 1. The Morgan fingerprint density at radius 3 is 2.59 bits per heavy atom. The van der Waals surface area contributed by atoms with Crippen LogP contribution in [-0.2, 0) is 9.59 Å². The maximum absolute atomic E-state index is 13.6. The minimum Gasteiger partial charge on any atom is -0.446 e. The lowest BCUT2D eigenvalue weighted by Gasteiger charge is -2.28. The molecule has 0 saturated carbocycles. The lowest BCUT2D eigenvalue weighted by molar-refractivity contribution is -0.134. The molecule has 202 valence electrons. The van der Waals surface area contributed by atoms with Crippen LogP contribution in [-0.4, -0.2) is 97.8 Å². The molecule has 4 heterocycles. The number of rotatable bonds is 6. The normalized spacial score (nSPS) is 21.0. The molecule has 4 N–H and O–H groups in total. The quantitative estimate of drug-likeness (QED) is 0.309. The fourth-order valence-electron chi connectivity index (χ4n) is 4.47. The van der Waals surface area contributed by atoms with E-state index in [9.17, 15) is 24.0 Å². The lowest BCUT2D eigenvalue weighted by atomic mass is 10.1. The van der Waals surface area contributed by atoms with Crippen molar-refractivity contribution in [2.24, 2.45) is 0 Å². The van der Waals surface area contributed by atoms with Crippen molar-refractivity contribution in [2.75, 3.05) is 20.6 Å². The van der Waals surface area contributed by atoms with Crippen molar-refractivity contribution in [3.63, 3.8) is 0 Å². The zero-order chi connectivity index (χ0) is 27.7. The highest BCUT2D eigenvalue weighted by Crippen LogP contribution is 2.33. The predicted octanol–water partition coefficient (Wildman–Crippen LogP) is -0.773. The maximum atomic E-state index is 13.6. The molecule has 0 aliphatic carbocycles. The van der Waals surface area contributed by atoms with Crippen LogP contribution in [0.5, 0.6) is 0 Å². The number of H-pyrrole nitrogens is 1. The number of hydrogen-bond acceptors (Lipinski definition) is 10. The summed E-state index contributed by atoms with van der Waals surface area (Å²) >= 11 is 0. The summed E-state index contributed by atoms with van der Waals surface area (Å²) in [7, 11) is 2.79. The summed E-state index contributed by atoms with van der Waals surface area (Å²) in [6, 6.07) is 3.62. The molecule has 1 aromatic carbocycles. The number of hydrogen-bond donors (Lipinski definition) is 4. The summed E-state index contributed by atoms with van der Waals surface area (Å²) in [6.07, 6.45) is 1.23. The van der Waals surface area contributed by atoms with Crippen LogP contribution in [0.3, 0.4) is 0 Å². The SMILES string of the molecule is CNC(=O)c1coc([C@@H]2C[C@H](NC(=O)[C@@H]3CC(=O)N(C)C(=O)N3)CN2C(=O)c2ccc(-c3nn[nH]n3)cc2)n1. The third-order valence-electron chi connectivity index (χ3n) is 6.58. The molecule has 0 bridgehead atoms. The number of benzene rings is 1. The molecule has 5 rings (SSSR count). The topological polar surface area (TPSA) is 208 Å². The van der Waals surface area contributed by atoms with Gasteiger partial charge in [0, 0.05) is 37.8 Å². The molecule has 2 aliphatic heterocycles. The lowest BCUT2D eigenvalue weighted by Crippen LogP contribution is -2.59. The van der Waals surface area contributed by atoms with Gasteiger partial charge < -0.3 is 25.3 Å². The highest BCUT2D eigenvalue weighted by atomic mass is 16.3. The standard InChI is InChI=1S/C23H24N10O6/c1-24-19(35)15-10-39-21(26-15)16-7-13(25-20(36)14-8-17(34)32(2)23(38)27-14)9-33(16)22(37)12-5-3-11(4-6-12)18-28-30-31-29-18/h3-6,10,13-14,16H,7-9H2,1-2H3,(H,24,35)(H,25,36)(H,27,38)(H,28,29,30,31)/t13-,14-,16-/m0/s1. The Bertz CT molecular complexity index is 1400. The van der Waals surface area contributed by atoms with E-state index in [-0.39, 0.29) is 36.9 Å². The fourth-order valence-corrected chi connectivity index (χ4v) is 4.47. The van der Waals surface area contributed by atoms with E-state index >= 15 is 0 Å². The molecular formula is C23H24N10O6. The number of likely N-dealkylation sites (tertiary alicyclic amines) is 1. The van der Waals surface area contributed by atoms with E-state index in [1.54, 1.807) is 24.3 Å². The Hall–Kier alpha value is -5.15. The van der Waals surface area contributed by atoms with Gasteiger partial charge in [-0.2, -0.15) is 5.21 Å². The van der Waals surface area contributed by atoms with E-state index in [1.165, 1.54) is 25.3 Å². The van der Waals surface area contributed by atoms with Crippen molar-refractivity contribution in [2.45, 2.75) is 31.0 Å². The van der Waals surface area contributed by atoms with Crippen molar-refractivity contribution in [1.82, 2.24) is 51.4 Å². The Kier molecular flexibility index (Phi) is 6.74. The number of urea groups is 1. The zero-order valence-electron chi connectivity index (χ0n) is 20.9. The van der Waals surface area contributed by atoms with Crippen LogP contribution in [0.15, 0.2) is 34.9 Å². The molecule has 16 heteroatoms. The molecule has 0 unspecified atom stereocenters. The van der Waals surface area contributed by atoms with E-state index in [4.69, 9.17) is 4.42 Å². The monoisotopic (exact) mass is 536 g/mol. The van der Waals surface area contributed by atoms with Crippen molar-refractivity contribution < 1.29 is 28.4 Å². The summed E-state index contributed by atoms with van der Waals surface area (Å²) in [6.45, 7) is 0.0913. The molecule has 3 aromatic rings. The minimum absolute atomic E-state index is 0.0457. The van der Waals surface area contributed by atoms with Gasteiger partial charge in [-0.3, -0.25) is 24.1 Å². The molecule has 39 heavy (non-hydrogen) atoms. The Labute approximate surface area is 220 Å². The largest absolute Gasteiger partial charge is 0.446 e. The molecule has 6 amide bonds. The summed E-state index contributed by atoms with van der Waals surface area (Å²) in [5.41, 5.74) is 1.05. The average Bonchev–Trinajstić information content (AvgIpc) is 3.72. The molecular weight excluding hydrogens is 512 g/mol. The smallest absolute Gasteiger partial charge is 0.324 e. The first-order chi connectivity index (χ1) is 18.7. The van der Waals surface area contributed by atoms with Crippen LogP contribution in [0.1, 0.15) is 45.6 Å². The van der Waals surface area contributed by atoms with Crippen LogP contribution in [0, 0.1) is 0 Å². The molecule has 0 radical (unpaired) electrons. The molecule has 2 saturated heterocycles. The second kappa shape index (κ2) is 10.3. The average molecular weight is 537 g/mol. The summed E-state index contributed by atoms with van der Waals surface area (Å²) in [4.78, 5) is 69.2. The van der Waals surface area contributed by atoms with Gasteiger partial charge in [-0.05, 0) is 23.8 Å². The van der Waals surface area contributed by atoms with Crippen LogP contribution in [0.25, 0.3) is 11.4 Å². The van der Waals surface area contributed by atoms with Gasteiger partial charge in [0.05, 0.1) is 6.42 Å². The van der Waals surface area contributed by atoms with Gasteiger partial charge in [0.1, 0.15) is 18.3 Å². The number of tetrazole rings is 1. The van der Waals surface area contributed by atoms with Crippen LogP contribution in [0.2, 0.25) is 0 Å². The highest BCUT2D eigenvalue weighted by molar-refractivity contribution is 6.02. The summed E-state index contributed by atoms with van der Waals surface area (Å²) in [5.74, 6) is -1.34. The second-order valence-corrected chi connectivity index (χ2v) is 9.04. The number of oxazole rings is 1. The third kappa shape index (κ3) is 5.03. The van der Waals surface area contributed by atoms with Crippen molar-refractivity contribution in [3.05, 3.63) is 47.7 Å². The van der Waals surface area contributed by atoms with Crippen molar-refractivity contribution in [3.8, 4) is 11.4 Å². The molecule has 0 spiro atoms. The zero-order valence-corrected chi connectivity index (χ0v) is 20.9. The first-order valence-electron chi connectivity index (χ1n) is 11.9. The molecule has 2 aromatic heterocycles. The number of nitrogens with zero attached hydrogens (tertiary/aromatic N) is 6. The van der Waals surface area contributed by atoms with Crippen LogP contribution in [0.4, 0.5) is 4.79 Å². The first-order valence-corrected chi connectivity index (χ1v) is 11.9. The number of amides is 6. The Balaban J connectivity index is 1.36. The van der Waals surface area contributed by atoms with E-state index < -0.39 is 41.9 Å². The number of carbonyl (C=O) groups excluding carboxylic acids is 5. The van der Waals surface area contributed by atoms with E-state index in [2.05, 4.69) is 41.6 Å². The number of aromatic nitrogens is 5. The first kappa shape index (κ1) is 25.5. The van der Waals surface area contributed by atoms with Gasteiger partial charge in [0.15, 0.2) is 5.69 Å². The van der Waals surface area contributed by atoms with Gasteiger partial charge >= 0.3 is 6.03 Å². The van der Waals surface area contributed by atoms with Gasteiger partial charge in [0.2, 0.25) is 23.5 Å². The summed E-state index contributed by atoms with van der Waals surface area (Å²) in [5, 5.41) is 21.5. The molecule has 16 nitrogen and oxygen atoms in total. The van der Waals surface area contributed by atoms with E-state index in [0.717, 1.165) is 4.90 Å². The van der Waals surface area contributed by atoms with Crippen LogP contribution < -0.4 is 16.0 Å². The van der Waals surface area contributed by atoms with E-state index in [1.807, 2.05) is 0 Å². The second-order valence-electron chi connectivity index (χ2n) is 9.04. The number of aromatic amines is 1. The Morgan fingerprint density at radius 1 is 1.15 bits per heavy atom. The van der Waals surface area contributed by atoms with Crippen molar-refractivity contribution in [1.29, 1.82) is 0 Å². The fraction of sp³-hybridized carbons (Fsp3) is 0.348. The minimum atomic E-state index is -1.04. The van der Waals surface area contributed by atoms with Gasteiger partial charge in [-0.25, -0.2) is 9.78 Å². The highest BCUT2D eigenvalue weighted by Gasteiger charge is 2.42. The third-order valence-corrected chi connectivity index (χ3v) is 6.58. The van der Waals surface area contributed by atoms with Gasteiger partial charge in [0.25, 0.3) is 11.8 Å². The molecule has 2 fully saturated rings. The predicted molar refractivity (Wildman–Crippen MR) is 130 cm³/mol. The van der Waals surface area contributed by atoms with Gasteiger partial charge in [-0.1, -0.05) is 12.1 Å². The molecule has 2 aliphatic rings. The molecule has 3 atom stereocenters. The number of nitrogens with one attached hydrogen (secondary N) is 4. The van der Waals surface area contributed by atoms with Gasteiger partial charge in [-0.15, -0.1) is 10.2 Å². The van der Waals surface area contributed by atoms with Crippen LogP contribution >= 0.6 is 0 Å². The van der Waals surface area contributed by atoms with Crippen molar-refractivity contribution >= 4 is 29.7 Å². The number of carbonyl (C=O) groups is 5. The Morgan fingerprint density at radius 2 is 1.92 bits per heavy atom.